The zero-order chi connectivity index (χ0) is 13.8. The van der Waals surface area contributed by atoms with Gasteiger partial charge in [0.1, 0.15) is 0 Å². The van der Waals surface area contributed by atoms with Crippen LogP contribution in [0.2, 0.25) is 0 Å². The SMILES string of the molecule is CCn1ccc(C(=O)Nc2cccc(C(C)=O)c2)n1. The smallest absolute Gasteiger partial charge is 0.276 e. The van der Waals surface area contributed by atoms with Crippen LogP contribution in [-0.4, -0.2) is 21.5 Å². The van der Waals surface area contributed by atoms with Crippen LogP contribution in [0.25, 0.3) is 0 Å². The molecule has 0 aliphatic carbocycles. The molecule has 1 heterocycles. The van der Waals surface area contributed by atoms with Gasteiger partial charge in [0, 0.05) is 24.0 Å². The highest BCUT2D eigenvalue weighted by molar-refractivity contribution is 6.03. The van der Waals surface area contributed by atoms with Gasteiger partial charge < -0.3 is 5.32 Å². The molecule has 2 aromatic rings. The van der Waals surface area contributed by atoms with Crippen molar-refractivity contribution >= 4 is 17.4 Å². The van der Waals surface area contributed by atoms with Crippen molar-refractivity contribution in [3.05, 3.63) is 47.8 Å². The summed E-state index contributed by atoms with van der Waals surface area (Å²) in [5, 5.41) is 6.84. The number of amides is 1. The molecule has 0 fully saturated rings. The summed E-state index contributed by atoms with van der Waals surface area (Å²) in [6, 6.07) is 8.49. The van der Waals surface area contributed by atoms with Crippen LogP contribution in [0.5, 0.6) is 0 Å². The normalized spacial score (nSPS) is 10.2. The Balaban J connectivity index is 2.14. The lowest BCUT2D eigenvalue weighted by molar-refractivity contribution is 0.100. The van der Waals surface area contributed by atoms with Gasteiger partial charge in [-0.05, 0) is 32.0 Å². The van der Waals surface area contributed by atoms with Crippen LogP contribution >= 0.6 is 0 Å². The maximum absolute atomic E-state index is 12.0. The molecule has 0 saturated heterocycles. The molecular formula is C14H15N3O2. The molecule has 0 radical (unpaired) electrons. The summed E-state index contributed by atoms with van der Waals surface area (Å²) < 4.78 is 1.68. The molecule has 0 unspecified atom stereocenters. The van der Waals surface area contributed by atoms with Gasteiger partial charge in [0.05, 0.1) is 0 Å². The highest BCUT2D eigenvalue weighted by Crippen LogP contribution is 2.12. The van der Waals surface area contributed by atoms with Gasteiger partial charge >= 0.3 is 0 Å². The lowest BCUT2D eigenvalue weighted by Gasteiger charge is -2.04. The summed E-state index contributed by atoms with van der Waals surface area (Å²) in [7, 11) is 0. The number of anilines is 1. The molecule has 98 valence electrons. The van der Waals surface area contributed by atoms with Gasteiger partial charge in [0.15, 0.2) is 11.5 Å². The van der Waals surface area contributed by atoms with Crippen LogP contribution in [0.15, 0.2) is 36.5 Å². The minimum absolute atomic E-state index is 0.0358. The van der Waals surface area contributed by atoms with Crippen LogP contribution in [0, 0.1) is 0 Å². The Hall–Kier alpha value is -2.43. The van der Waals surface area contributed by atoms with Crippen molar-refractivity contribution in [2.24, 2.45) is 0 Å². The van der Waals surface area contributed by atoms with Crippen molar-refractivity contribution in [2.75, 3.05) is 5.32 Å². The molecule has 19 heavy (non-hydrogen) atoms. The van der Waals surface area contributed by atoms with Gasteiger partial charge in [-0.15, -0.1) is 0 Å². The number of benzene rings is 1. The number of carbonyl (C=O) groups excluding carboxylic acids is 2. The van der Waals surface area contributed by atoms with Gasteiger partial charge in [-0.2, -0.15) is 5.10 Å². The highest BCUT2D eigenvalue weighted by Gasteiger charge is 2.10. The van der Waals surface area contributed by atoms with Gasteiger partial charge in [-0.1, -0.05) is 12.1 Å². The third-order valence-electron chi connectivity index (χ3n) is 2.72. The molecular weight excluding hydrogens is 242 g/mol. The zero-order valence-corrected chi connectivity index (χ0v) is 10.9. The molecule has 0 atom stereocenters. The maximum Gasteiger partial charge on any atom is 0.276 e. The number of aryl methyl sites for hydroxylation is 1. The number of hydrogen-bond acceptors (Lipinski definition) is 3. The molecule has 0 aliphatic rings. The van der Waals surface area contributed by atoms with E-state index in [9.17, 15) is 9.59 Å². The maximum atomic E-state index is 12.0. The van der Waals surface area contributed by atoms with E-state index in [-0.39, 0.29) is 11.7 Å². The van der Waals surface area contributed by atoms with Crippen molar-refractivity contribution in [2.45, 2.75) is 20.4 Å². The van der Waals surface area contributed by atoms with Gasteiger partial charge in [0.25, 0.3) is 5.91 Å². The fraction of sp³-hybridized carbons (Fsp3) is 0.214. The molecule has 5 nitrogen and oxygen atoms in total. The summed E-state index contributed by atoms with van der Waals surface area (Å²) in [4.78, 5) is 23.2. The van der Waals surface area contributed by atoms with Crippen molar-refractivity contribution < 1.29 is 9.59 Å². The number of nitrogens with one attached hydrogen (secondary N) is 1. The lowest BCUT2D eigenvalue weighted by atomic mass is 10.1. The molecule has 0 bridgehead atoms. The fourth-order valence-electron chi connectivity index (χ4n) is 1.67. The summed E-state index contributed by atoms with van der Waals surface area (Å²) in [6.45, 7) is 4.15. The topological polar surface area (TPSA) is 64.0 Å². The zero-order valence-electron chi connectivity index (χ0n) is 10.9. The Bertz CT molecular complexity index is 617. The first-order valence-electron chi connectivity index (χ1n) is 6.06. The van der Waals surface area contributed by atoms with Crippen molar-refractivity contribution in [3.8, 4) is 0 Å². The third-order valence-corrected chi connectivity index (χ3v) is 2.72. The van der Waals surface area contributed by atoms with Crippen molar-refractivity contribution in [1.29, 1.82) is 0 Å². The fourth-order valence-corrected chi connectivity index (χ4v) is 1.67. The minimum atomic E-state index is -0.284. The predicted octanol–water partition coefficient (Wildman–Crippen LogP) is 2.36. The molecule has 1 N–H and O–H groups in total. The van der Waals surface area contributed by atoms with Crippen LogP contribution in [0.3, 0.4) is 0 Å². The van der Waals surface area contributed by atoms with E-state index in [0.717, 1.165) is 0 Å². The van der Waals surface area contributed by atoms with E-state index < -0.39 is 0 Å². The third kappa shape index (κ3) is 3.07. The van der Waals surface area contributed by atoms with E-state index in [1.54, 1.807) is 41.2 Å². The number of Topliss-reactive ketones (excluding diaryl/α,β-unsaturated/α-hetero) is 1. The first kappa shape index (κ1) is 13.0. The van der Waals surface area contributed by atoms with E-state index in [1.165, 1.54) is 6.92 Å². The summed E-state index contributed by atoms with van der Waals surface area (Å²) in [5.41, 5.74) is 1.51. The van der Waals surface area contributed by atoms with Crippen molar-refractivity contribution in [1.82, 2.24) is 9.78 Å². The van der Waals surface area contributed by atoms with Crippen LogP contribution in [-0.2, 0) is 6.54 Å². The van der Waals surface area contributed by atoms with E-state index in [2.05, 4.69) is 10.4 Å². The summed E-state index contributed by atoms with van der Waals surface area (Å²) in [5.74, 6) is -0.320. The molecule has 1 amide bonds. The quantitative estimate of drug-likeness (QED) is 0.855. The highest BCUT2D eigenvalue weighted by atomic mass is 16.2. The Labute approximate surface area is 111 Å². The largest absolute Gasteiger partial charge is 0.321 e. The van der Waals surface area contributed by atoms with Gasteiger partial charge in [0.2, 0.25) is 0 Å². The number of carbonyl (C=O) groups is 2. The monoisotopic (exact) mass is 257 g/mol. The lowest BCUT2D eigenvalue weighted by Crippen LogP contribution is -2.13. The molecule has 0 saturated carbocycles. The first-order chi connectivity index (χ1) is 9.10. The minimum Gasteiger partial charge on any atom is -0.321 e. The summed E-state index contributed by atoms with van der Waals surface area (Å²) in [6.07, 6.45) is 1.75. The summed E-state index contributed by atoms with van der Waals surface area (Å²) >= 11 is 0. The molecule has 1 aromatic carbocycles. The van der Waals surface area contributed by atoms with Gasteiger partial charge in [-0.3, -0.25) is 14.3 Å². The second-order valence-corrected chi connectivity index (χ2v) is 4.15. The number of nitrogens with zero attached hydrogens (tertiary/aromatic N) is 2. The number of aromatic nitrogens is 2. The Kier molecular flexibility index (Phi) is 3.75. The standard InChI is InChI=1S/C14H15N3O2/c1-3-17-8-7-13(16-17)14(19)15-12-6-4-5-11(9-12)10(2)18/h4-9H,3H2,1-2H3,(H,15,19). The number of hydrogen-bond donors (Lipinski definition) is 1. The average molecular weight is 257 g/mol. The Morgan fingerprint density at radius 3 is 2.74 bits per heavy atom. The van der Waals surface area contributed by atoms with Gasteiger partial charge in [-0.25, -0.2) is 0 Å². The molecule has 2 rings (SSSR count). The van der Waals surface area contributed by atoms with E-state index in [1.807, 2.05) is 6.92 Å². The predicted molar refractivity (Wildman–Crippen MR) is 72.3 cm³/mol. The Morgan fingerprint density at radius 2 is 2.11 bits per heavy atom. The Morgan fingerprint density at radius 1 is 1.32 bits per heavy atom. The van der Waals surface area contributed by atoms with E-state index in [0.29, 0.717) is 23.5 Å². The second-order valence-electron chi connectivity index (χ2n) is 4.15. The van der Waals surface area contributed by atoms with Crippen LogP contribution < -0.4 is 5.32 Å². The average Bonchev–Trinajstić information content (AvgIpc) is 2.88. The van der Waals surface area contributed by atoms with E-state index >= 15 is 0 Å². The molecule has 1 aromatic heterocycles. The van der Waals surface area contributed by atoms with Crippen LogP contribution in [0.1, 0.15) is 34.7 Å². The number of ketones is 1. The molecule has 0 spiro atoms. The number of rotatable bonds is 4. The van der Waals surface area contributed by atoms with E-state index in [4.69, 9.17) is 0 Å². The van der Waals surface area contributed by atoms with Crippen molar-refractivity contribution in [3.63, 3.8) is 0 Å². The first-order valence-corrected chi connectivity index (χ1v) is 6.06. The second kappa shape index (κ2) is 5.48. The molecule has 5 heteroatoms. The molecule has 0 aliphatic heterocycles. The van der Waals surface area contributed by atoms with Crippen LogP contribution in [0.4, 0.5) is 5.69 Å².